The Bertz CT molecular complexity index is 519. The average Bonchev–Trinajstić information content (AvgIpc) is 2.40. The highest BCUT2D eigenvalue weighted by Gasteiger charge is 2.14. The fourth-order valence-corrected chi connectivity index (χ4v) is 3.00. The van der Waals surface area contributed by atoms with E-state index in [0.717, 1.165) is 0 Å². The van der Waals surface area contributed by atoms with Crippen molar-refractivity contribution in [3.05, 3.63) is 18.2 Å². The molecule has 1 N–H and O–H groups in total. The van der Waals surface area contributed by atoms with Gasteiger partial charge in [0.2, 0.25) is 10.0 Å². The van der Waals surface area contributed by atoms with Crippen LogP contribution in [-0.2, 0) is 10.0 Å². The minimum atomic E-state index is -3.44. The number of nitrogens with one attached hydrogen (secondary N) is 1. The Morgan fingerprint density at radius 3 is 2.50 bits per heavy atom. The van der Waals surface area contributed by atoms with Crippen LogP contribution >= 0.6 is 11.6 Å². The van der Waals surface area contributed by atoms with Gasteiger partial charge >= 0.3 is 0 Å². The van der Waals surface area contributed by atoms with Crippen molar-refractivity contribution in [1.82, 2.24) is 0 Å². The molecule has 1 rings (SSSR count). The van der Waals surface area contributed by atoms with Gasteiger partial charge in [-0.05, 0) is 32.4 Å². The lowest BCUT2D eigenvalue weighted by Crippen LogP contribution is -2.17. The van der Waals surface area contributed by atoms with Gasteiger partial charge in [-0.2, -0.15) is 0 Å². The van der Waals surface area contributed by atoms with E-state index in [1.807, 2.05) is 13.8 Å². The van der Waals surface area contributed by atoms with Gasteiger partial charge in [-0.15, -0.1) is 11.6 Å². The second kappa shape index (κ2) is 8.21. The van der Waals surface area contributed by atoms with Gasteiger partial charge in [-0.25, -0.2) is 8.42 Å². The molecule has 0 saturated carbocycles. The van der Waals surface area contributed by atoms with Crippen molar-refractivity contribution in [3.8, 4) is 11.5 Å². The highest BCUT2D eigenvalue weighted by molar-refractivity contribution is 7.92. The van der Waals surface area contributed by atoms with E-state index in [9.17, 15) is 8.42 Å². The predicted molar refractivity (Wildman–Crippen MR) is 81.5 cm³/mol. The first-order valence-corrected chi connectivity index (χ1v) is 8.67. The Balaban J connectivity index is 2.97. The topological polar surface area (TPSA) is 64.6 Å². The Labute approximate surface area is 125 Å². The van der Waals surface area contributed by atoms with Crippen molar-refractivity contribution in [2.75, 3.05) is 29.6 Å². The van der Waals surface area contributed by atoms with E-state index in [-0.39, 0.29) is 5.75 Å². The Morgan fingerprint density at radius 2 is 1.90 bits per heavy atom. The van der Waals surface area contributed by atoms with Gasteiger partial charge in [-0.3, -0.25) is 4.72 Å². The second-order valence-electron chi connectivity index (χ2n) is 3.99. The molecule has 0 fully saturated rings. The van der Waals surface area contributed by atoms with Crippen LogP contribution in [0, 0.1) is 0 Å². The number of ether oxygens (including phenoxy) is 2. The van der Waals surface area contributed by atoms with Crippen molar-refractivity contribution in [2.24, 2.45) is 0 Å². The number of rotatable bonds is 9. The normalized spacial score (nSPS) is 11.2. The largest absolute Gasteiger partial charge is 0.494 e. The standard InChI is InChI=1S/C13H20ClNO4S/c1-3-18-11-6-7-13(19-4-2)12(10-11)15-20(16,17)9-5-8-14/h6-7,10,15H,3-5,8-9H2,1-2H3. The monoisotopic (exact) mass is 321 g/mol. The number of halogens is 1. The van der Waals surface area contributed by atoms with Gasteiger partial charge in [0.25, 0.3) is 0 Å². The maximum absolute atomic E-state index is 11.9. The summed E-state index contributed by atoms with van der Waals surface area (Å²) >= 11 is 5.52. The summed E-state index contributed by atoms with van der Waals surface area (Å²) in [5.74, 6) is 1.34. The molecule has 0 radical (unpaired) electrons. The molecule has 0 heterocycles. The quantitative estimate of drug-likeness (QED) is 0.710. The molecule has 0 aliphatic rings. The molecular formula is C13H20ClNO4S. The maximum Gasteiger partial charge on any atom is 0.232 e. The smallest absolute Gasteiger partial charge is 0.232 e. The number of benzene rings is 1. The van der Waals surface area contributed by atoms with Crippen LogP contribution in [0.2, 0.25) is 0 Å². The van der Waals surface area contributed by atoms with E-state index in [4.69, 9.17) is 21.1 Å². The van der Waals surface area contributed by atoms with E-state index in [1.54, 1.807) is 18.2 Å². The van der Waals surface area contributed by atoms with Crippen LogP contribution < -0.4 is 14.2 Å². The fourth-order valence-electron chi connectivity index (χ4n) is 1.59. The molecule has 0 bridgehead atoms. The summed E-state index contributed by atoms with van der Waals surface area (Å²) in [6.07, 6.45) is 0.395. The van der Waals surface area contributed by atoms with Crippen molar-refractivity contribution in [3.63, 3.8) is 0 Å². The number of hydrogen-bond donors (Lipinski definition) is 1. The maximum atomic E-state index is 11.9. The van der Waals surface area contributed by atoms with Gasteiger partial charge < -0.3 is 9.47 Å². The molecule has 114 valence electrons. The van der Waals surface area contributed by atoms with Gasteiger partial charge in [0, 0.05) is 11.9 Å². The summed E-state index contributed by atoms with van der Waals surface area (Å²) in [6, 6.07) is 5.05. The molecule has 0 saturated heterocycles. The minimum absolute atomic E-state index is 0.0269. The van der Waals surface area contributed by atoms with Crippen LogP contribution in [0.4, 0.5) is 5.69 Å². The molecule has 0 atom stereocenters. The summed E-state index contributed by atoms with van der Waals surface area (Å²) in [5.41, 5.74) is 0.382. The number of sulfonamides is 1. The molecule has 7 heteroatoms. The van der Waals surface area contributed by atoms with E-state index in [1.165, 1.54) is 0 Å². The number of hydrogen-bond acceptors (Lipinski definition) is 4. The molecular weight excluding hydrogens is 302 g/mol. The predicted octanol–water partition coefficient (Wildman–Crippen LogP) is 2.85. The summed E-state index contributed by atoms with van der Waals surface area (Å²) in [7, 11) is -3.44. The molecule has 0 aromatic heterocycles. The van der Waals surface area contributed by atoms with Gasteiger partial charge in [0.15, 0.2) is 0 Å². The van der Waals surface area contributed by atoms with Crippen LogP contribution in [-0.4, -0.2) is 33.3 Å². The van der Waals surface area contributed by atoms with Gasteiger partial charge in [-0.1, -0.05) is 0 Å². The first-order chi connectivity index (χ1) is 9.52. The number of alkyl halides is 1. The van der Waals surface area contributed by atoms with E-state index in [2.05, 4.69) is 4.72 Å². The molecule has 0 spiro atoms. The highest BCUT2D eigenvalue weighted by Crippen LogP contribution is 2.30. The van der Waals surface area contributed by atoms with Crippen LogP contribution in [0.1, 0.15) is 20.3 Å². The van der Waals surface area contributed by atoms with Crippen LogP contribution in [0.5, 0.6) is 11.5 Å². The van der Waals surface area contributed by atoms with Crippen molar-refractivity contribution in [2.45, 2.75) is 20.3 Å². The summed E-state index contributed by atoms with van der Waals surface area (Å²) < 4.78 is 37.1. The number of anilines is 1. The zero-order valence-electron chi connectivity index (χ0n) is 11.7. The first-order valence-electron chi connectivity index (χ1n) is 6.48. The molecule has 1 aromatic rings. The van der Waals surface area contributed by atoms with E-state index < -0.39 is 10.0 Å². The lowest BCUT2D eigenvalue weighted by Gasteiger charge is -2.14. The molecule has 20 heavy (non-hydrogen) atoms. The third-order valence-corrected chi connectivity index (χ3v) is 4.00. The summed E-state index contributed by atoms with van der Waals surface area (Å²) in [6.45, 7) is 4.65. The lowest BCUT2D eigenvalue weighted by atomic mass is 10.3. The third-order valence-electron chi connectivity index (χ3n) is 2.37. The Kier molecular flexibility index (Phi) is 6.95. The average molecular weight is 322 g/mol. The van der Waals surface area contributed by atoms with Crippen molar-refractivity contribution in [1.29, 1.82) is 0 Å². The summed E-state index contributed by atoms with van der Waals surface area (Å²) in [5, 5.41) is 0. The molecule has 0 unspecified atom stereocenters. The van der Waals surface area contributed by atoms with Crippen LogP contribution in [0.25, 0.3) is 0 Å². The molecule has 0 aliphatic carbocycles. The fraction of sp³-hybridized carbons (Fsp3) is 0.538. The van der Waals surface area contributed by atoms with Crippen molar-refractivity contribution >= 4 is 27.3 Å². The Hall–Kier alpha value is -1.14. The molecule has 5 nitrogen and oxygen atoms in total. The zero-order valence-corrected chi connectivity index (χ0v) is 13.3. The van der Waals surface area contributed by atoms with Crippen LogP contribution in [0.15, 0.2) is 18.2 Å². The van der Waals surface area contributed by atoms with Gasteiger partial charge in [0.05, 0.1) is 24.7 Å². The zero-order chi connectivity index (χ0) is 15.0. The molecule has 0 aliphatic heterocycles. The lowest BCUT2D eigenvalue weighted by molar-refractivity contribution is 0.332. The van der Waals surface area contributed by atoms with Crippen molar-refractivity contribution < 1.29 is 17.9 Å². The van der Waals surface area contributed by atoms with Gasteiger partial charge in [0.1, 0.15) is 11.5 Å². The summed E-state index contributed by atoms with van der Waals surface area (Å²) in [4.78, 5) is 0. The third kappa shape index (κ3) is 5.46. The van der Waals surface area contributed by atoms with Crippen LogP contribution in [0.3, 0.4) is 0 Å². The molecule has 0 amide bonds. The Morgan fingerprint density at radius 1 is 1.20 bits per heavy atom. The SMILES string of the molecule is CCOc1ccc(OCC)c(NS(=O)(=O)CCCCl)c1. The molecule has 1 aromatic carbocycles. The van der Waals surface area contributed by atoms with E-state index in [0.29, 0.717) is 42.7 Å². The van der Waals surface area contributed by atoms with E-state index >= 15 is 0 Å². The minimum Gasteiger partial charge on any atom is -0.494 e. The highest BCUT2D eigenvalue weighted by atomic mass is 35.5. The second-order valence-corrected chi connectivity index (χ2v) is 6.21. The first kappa shape index (κ1) is 16.9.